The molecule has 148 valence electrons. The molecule has 6 nitrogen and oxygen atoms in total. The molecule has 0 aliphatic rings. The van der Waals surface area contributed by atoms with Crippen molar-refractivity contribution in [2.75, 3.05) is 0 Å². The molecule has 0 aliphatic heterocycles. The topological polar surface area (TPSA) is 84.6 Å². The van der Waals surface area contributed by atoms with E-state index < -0.39 is 24.2 Å². The van der Waals surface area contributed by atoms with Crippen molar-refractivity contribution in [3.05, 3.63) is 57.5 Å². The molecule has 3 aromatic rings. The van der Waals surface area contributed by atoms with Crippen LogP contribution in [0.25, 0.3) is 10.9 Å². The molecule has 0 amide bonds. The van der Waals surface area contributed by atoms with Crippen LogP contribution in [0.5, 0.6) is 5.75 Å². The Balaban J connectivity index is 2.10. The van der Waals surface area contributed by atoms with E-state index in [9.17, 15) is 23.1 Å². The molecule has 11 heteroatoms. The van der Waals surface area contributed by atoms with E-state index in [1.807, 2.05) is 0 Å². The highest BCUT2D eigenvalue weighted by Gasteiger charge is 2.31. The molecule has 1 unspecified atom stereocenters. The van der Waals surface area contributed by atoms with Crippen molar-refractivity contribution in [2.45, 2.75) is 12.5 Å². The number of carboxylic acids is 1. The van der Waals surface area contributed by atoms with Crippen LogP contribution in [-0.2, 0) is 7.05 Å². The minimum atomic E-state index is -4.84. The lowest BCUT2D eigenvalue weighted by molar-refractivity contribution is -0.274. The van der Waals surface area contributed by atoms with Crippen LogP contribution in [0.3, 0.4) is 0 Å². The van der Waals surface area contributed by atoms with Gasteiger partial charge in [-0.3, -0.25) is 0 Å². The van der Waals surface area contributed by atoms with Crippen molar-refractivity contribution >= 4 is 40.1 Å². The van der Waals surface area contributed by atoms with Crippen molar-refractivity contribution < 1.29 is 32.9 Å². The van der Waals surface area contributed by atoms with E-state index >= 15 is 0 Å². The van der Waals surface area contributed by atoms with Crippen molar-refractivity contribution in [2.24, 2.45) is 7.05 Å². The average Bonchev–Trinajstić information content (AvgIpc) is 2.89. The summed E-state index contributed by atoms with van der Waals surface area (Å²) < 4.78 is 42.6. The van der Waals surface area contributed by atoms with Crippen LogP contribution in [0, 0.1) is 0 Å². The van der Waals surface area contributed by atoms with E-state index in [2.05, 4.69) is 9.72 Å². The van der Waals surface area contributed by atoms with Gasteiger partial charge in [0.25, 0.3) is 0 Å². The van der Waals surface area contributed by atoms with Gasteiger partial charge in [0, 0.05) is 30.3 Å². The van der Waals surface area contributed by atoms with Crippen LogP contribution in [0.1, 0.15) is 27.7 Å². The summed E-state index contributed by atoms with van der Waals surface area (Å²) in [6.45, 7) is 0. The molecule has 3 rings (SSSR count). The van der Waals surface area contributed by atoms with Gasteiger partial charge in [-0.1, -0.05) is 23.2 Å². The van der Waals surface area contributed by atoms with Crippen LogP contribution in [-0.4, -0.2) is 32.1 Å². The Kier molecular flexibility index (Phi) is 5.18. The number of alkyl halides is 3. The summed E-state index contributed by atoms with van der Waals surface area (Å²) in [6.07, 6.45) is -5.35. The minimum Gasteiger partial charge on any atom is -0.478 e. The normalized spacial score (nSPS) is 13.0. The summed E-state index contributed by atoms with van der Waals surface area (Å²) in [6, 6.07) is 5.20. The molecule has 2 heterocycles. The number of aliphatic hydroxyl groups is 1. The zero-order valence-corrected chi connectivity index (χ0v) is 15.5. The summed E-state index contributed by atoms with van der Waals surface area (Å²) in [5.74, 6) is -1.78. The molecular formula is C17H11Cl2F3N2O4. The summed E-state index contributed by atoms with van der Waals surface area (Å²) in [5, 5.41) is 20.0. The van der Waals surface area contributed by atoms with Gasteiger partial charge >= 0.3 is 12.3 Å². The van der Waals surface area contributed by atoms with Gasteiger partial charge in [0.2, 0.25) is 0 Å². The van der Waals surface area contributed by atoms with E-state index in [4.69, 9.17) is 28.3 Å². The molecule has 2 aromatic heterocycles. The third-order valence-corrected chi connectivity index (χ3v) is 4.78. The molecule has 28 heavy (non-hydrogen) atoms. The number of fused-ring (bicyclic) bond motifs is 1. The molecule has 0 fully saturated rings. The summed E-state index contributed by atoms with van der Waals surface area (Å²) in [5.41, 5.74) is 0.0818. The number of aliphatic hydroxyl groups excluding tert-OH is 1. The van der Waals surface area contributed by atoms with Crippen LogP contribution < -0.4 is 4.74 Å². The fraction of sp³-hybridized carbons (Fsp3) is 0.176. The number of hydrogen-bond donors (Lipinski definition) is 2. The first-order valence-corrected chi connectivity index (χ1v) is 8.35. The van der Waals surface area contributed by atoms with Crippen LogP contribution in [0.4, 0.5) is 13.2 Å². The zero-order chi connectivity index (χ0) is 20.8. The third kappa shape index (κ3) is 3.73. The maximum atomic E-state index is 12.4. The number of halogens is 5. The Morgan fingerprint density at radius 1 is 1.29 bits per heavy atom. The van der Waals surface area contributed by atoms with Gasteiger partial charge in [-0.2, -0.15) is 0 Å². The molecule has 1 aromatic carbocycles. The summed E-state index contributed by atoms with van der Waals surface area (Å²) in [4.78, 5) is 15.0. The Morgan fingerprint density at radius 3 is 2.57 bits per heavy atom. The van der Waals surface area contributed by atoms with Crippen molar-refractivity contribution in [3.63, 3.8) is 0 Å². The molecule has 0 saturated heterocycles. The Bertz CT molecular complexity index is 1080. The second-order valence-corrected chi connectivity index (χ2v) is 6.53. The lowest BCUT2D eigenvalue weighted by Crippen LogP contribution is -2.17. The van der Waals surface area contributed by atoms with Crippen LogP contribution in [0.15, 0.2) is 30.5 Å². The monoisotopic (exact) mass is 434 g/mol. The van der Waals surface area contributed by atoms with E-state index in [0.717, 1.165) is 18.3 Å². The number of carbonyl (C=O) groups is 1. The number of carboxylic acid groups (broad SMARTS) is 1. The fourth-order valence-electron chi connectivity index (χ4n) is 2.80. The Morgan fingerprint density at radius 2 is 1.96 bits per heavy atom. The van der Waals surface area contributed by atoms with Gasteiger partial charge in [-0.05, 0) is 18.2 Å². The Hall–Kier alpha value is -2.49. The highest BCUT2D eigenvalue weighted by atomic mass is 35.5. The number of rotatable bonds is 4. The first-order chi connectivity index (χ1) is 13.0. The first kappa shape index (κ1) is 20.2. The Labute approximate surface area is 165 Å². The standard InChI is InChI=1S/C17H11Cl2F3N2O4/c1-24-10-5-8(28-17(20,21)22)3-2-7(10)4-11(24)14(25)12-13(18)9(16(26)27)6-23-15(12)19/h2-6,14,25H,1H3,(H,26,27). The highest BCUT2D eigenvalue weighted by molar-refractivity contribution is 6.37. The predicted octanol–water partition coefficient (Wildman–Crippen LogP) is 4.56. The van der Waals surface area contributed by atoms with Crippen LogP contribution >= 0.6 is 23.2 Å². The largest absolute Gasteiger partial charge is 0.573 e. The van der Waals surface area contributed by atoms with Crippen molar-refractivity contribution in [3.8, 4) is 5.75 Å². The third-order valence-electron chi connectivity index (χ3n) is 4.07. The molecule has 0 spiro atoms. The zero-order valence-electron chi connectivity index (χ0n) is 14.0. The molecule has 2 N–H and O–H groups in total. The van der Waals surface area contributed by atoms with E-state index in [0.29, 0.717) is 10.9 Å². The number of benzene rings is 1. The van der Waals surface area contributed by atoms with Crippen molar-refractivity contribution in [1.29, 1.82) is 0 Å². The van der Waals surface area contributed by atoms with Crippen molar-refractivity contribution in [1.82, 2.24) is 9.55 Å². The summed E-state index contributed by atoms with van der Waals surface area (Å²) >= 11 is 12.1. The number of aryl methyl sites for hydroxylation is 1. The molecule has 0 radical (unpaired) electrons. The maximum absolute atomic E-state index is 12.4. The van der Waals surface area contributed by atoms with Crippen LogP contribution in [0.2, 0.25) is 10.2 Å². The lowest BCUT2D eigenvalue weighted by Gasteiger charge is -2.16. The van der Waals surface area contributed by atoms with Gasteiger partial charge < -0.3 is 19.5 Å². The summed E-state index contributed by atoms with van der Waals surface area (Å²) in [7, 11) is 1.51. The van der Waals surface area contributed by atoms with Gasteiger partial charge in [-0.25, -0.2) is 9.78 Å². The second kappa shape index (κ2) is 7.16. The van der Waals surface area contributed by atoms with E-state index in [-0.39, 0.29) is 27.0 Å². The number of hydrogen-bond acceptors (Lipinski definition) is 4. The quantitative estimate of drug-likeness (QED) is 0.588. The highest BCUT2D eigenvalue weighted by Crippen LogP contribution is 2.37. The molecule has 0 saturated carbocycles. The first-order valence-electron chi connectivity index (χ1n) is 7.60. The maximum Gasteiger partial charge on any atom is 0.573 e. The molecular weight excluding hydrogens is 424 g/mol. The minimum absolute atomic E-state index is 0.124. The number of nitrogens with zero attached hydrogens (tertiary/aromatic N) is 2. The molecule has 0 aliphatic carbocycles. The molecule has 0 bridgehead atoms. The molecule has 1 atom stereocenters. The number of aromatic nitrogens is 2. The lowest BCUT2D eigenvalue weighted by atomic mass is 10.1. The van der Waals surface area contributed by atoms with Gasteiger partial charge in [-0.15, -0.1) is 13.2 Å². The smallest absolute Gasteiger partial charge is 0.478 e. The number of ether oxygens (including phenoxy) is 1. The van der Waals surface area contributed by atoms with E-state index in [1.54, 1.807) is 0 Å². The average molecular weight is 435 g/mol. The predicted molar refractivity (Wildman–Crippen MR) is 94.9 cm³/mol. The number of aromatic carboxylic acids is 1. The second-order valence-electron chi connectivity index (χ2n) is 5.79. The SMILES string of the molecule is Cn1c(C(O)c2c(Cl)ncc(C(=O)O)c2Cl)cc2ccc(OC(F)(F)F)cc21. The van der Waals surface area contributed by atoms with E-state index in [1.165, 1.54) is 23.7 Å². The fourth-order valence-corrected chi connectivity index (χ4v) is 3.42. The van der Waals surface area contributed by atoms with Gasteiger partial charge in [0.05, 0.1) is 21.8 Å². The van der Waals surface area contributed by atoms with Gasteiger partial charge in [0.1, 0.15) is 17.0 Å². The number of pyridine rings is 1. The van der Waals surface area contributed by atoms with Gasteiger partial charge in [0.15, 0.2) is 0 Å².